The van der Waals surface area contributed by atoms with Crippen LogP contribution in [0.15, 0.2) is 51.8 Å². The number of aryl methyl sites for hydroxylation is 3. The maximum atomic E-state index is 12.7. The number of carbonyl (C=O) groups excluding carboxylic acids is 2. The third-order valence-corrected chi connectivity index (χ3v) is 4.92. The summed E-state index contributed by atoms with van der Waals surface area (Å²) in [5.74, 6) is -1.18. The van der Waals surface area contributed by atoms with Crippen LogP contribution in [0.4, 0.5) is 5.69 Å². The average molecular weight is 408 g/mol. The van der Waals surface area contributed by atoms with E-state index in [4.69, 9.17) is 4.52 Å². The van der Waals surface area contributed by atoms with E-state index in [2.05, 4.69) is 10.5 Å². The Balaban J connectivity index is 1.71. The average Bonchev–Trinajstić information content (AvgIpc) is 3.05. The monoisotopic (exact) mass is 408 g/mol. The van der Waals surface area contributed by atoms with E-state index in [9.17, 15) is 14.4 Å². The summed E-state index contributed by atoms with van der Waals surface area (Å²) in [5, 5.41) is 6.67. The van der Waals surface area contributed by atoms with Crippen molar-refractivity contribution in [2.75, 3.05) is 18.9 Å². The summed E-state index contributed by atoms with van der Waals surface area (Å²) in [5.41, 5.74) is 4.22. The number of carbonyl (C=O) groups is 2. The molecule has 30 heavy (non-hydrogen) atoms. The molecule has 1 aromatic heterocycles. The number of benzene rings is 2. The van der Waals surface area contributed by atoms with Gasteiger partial charge in [0.1, 0.15) is 6.54 Å². The quantitative estimate of drug-likeness (QED) is 0.676. The molecule has 0 fully saturated rings. The van der Waals surface area contributed by atoms with E-state index in [1.807, 2.05) is 57.2 Å². The Morgan fingerprint density at radius 3 is 2.33 bits per heavy atom. The lowest BCUT2D eigenvalue weighted by molar-refractivity contribution is -0.133. The van der Waals surface area contributed by atoms with Gasteiger partial charge in [0.05, 0.1) is 6.54 Å². The van der Waals surface area contributed by atoms with Crippen LogP contribution in [-0.4, -0.2) is 40.0 Å². The van der Waals surface area contributed by atoms with Crippen molar-refractivity contribution in [2.45, 2.75) is 27.3 Å². The largest absolute Gasteiger partial charge is 0.442 e. The Morgan fingerprint density at radius 1 is 1.03 bits per heavy atom. The van der Waals surface area contributed by atoms with Crippen molar-refractivity contribution in [1.82, 2.24) is 14.6 Å². The lowest BCUT2D eigenvalue weighted by Gasteiger charge is -2.18. The second-order valence-electron chi connectivity index (χ2n) is 7.24. The molecule has 2 amide bonds. The van der Waals surface area contributed by atoms with Gasteiger partial charge in [-0.05, 0) is 37.5 Å². The molecule has 1 N–H and O–H groups in total. The minimum absolute atomic E-state index is 0.146. The molecular weight excluding hydrogens is 384 g/mol. The molecule has 0 radical (unpaired) electrons. The van der Waals surface area contributed by atoms with E-state index >= 15 is 0 Å². The van der Waals surface area contributed by atoms with Crippen LogP contribution in [0.1, 0.15) is 16.7 Å². The molecule has 1 heterocycles. The summed E-state index contributed by atoms with van der Waals surface area (Å²) in [7, 11) is 1.51. The van der Waals surface area contributed by atoms with Gasteiger partial charge in [-0.25, -0.2) is 9.36 Å². The fourth-order valence-corrected chi connectivity index (χ4v) is 3.18. The highest BCUT2D eigenvalue weighted by molar-refractivity contribution is 5.95. The molecule has 2 aromatic carbocycles. The number of hydrogen-bond acceptors (Lipinski definition) is 5. The van der Waals surface area contributed by atoms with Crippen LogP contribution in [0, 0.1) is 20.8 Å². The van der Waals surface area contributed by atoms with Gasteiger partial charge < -0.3 is 10.2 Å². The fourth-order valence-electron chi connectivity index (χ4n) is 3.18. The first-order valence-corrected chi connectivity index (χ1v) is 9.50. The molecule has 3 aromatic rings. The molecule has 8 nitrogen and oxygen atoms in total. The maximum absolute atomic E-state index is 12.7. The predicted molar refractivity (Wildman–Crippen MR) is 113 cm³/mol. The topological polar surface area (TPSA) is 97.4 Å². The van der Waals surface area contributed by atoms with Crippen molar-refractivity contribution >= 4 is 17.5 Å². The van der Waals surface area contributed by atoms with Gasteiger partial charge in [-0.3, -0.25) is 14.1 Å². The Bertz CT molecular complexity index is 1130. The van der Waals surface area contributed by atoms with Crippen LogP contribution in [0.2, 0.25) is 0 Å². The number of amides is 2. The molecule has 3 rings (SSSR count). The number of nitrogens with one attached hydrogen (secondary N) is 1. The second-order valence-corrected chi connectivity index (χ2v) is 7.24. The molecule has 8 heteroatoms. The normalized spacial score (nSPS) is 10.7. The number of aromatic nitrogens is 2. The molecule has 0 aliphatic heterocycles. The summed E-state index contributed by atoms with van der Waals surface area (Å²) in [6, 6.07) is 13.1. The van der Waals surface area contributed by atoms with Gasteiger partial charge in [0, 0.05) is 18.3 Å². The number of anilines is 1. The Kier molecular flexibility index (Phi) is 6.15. The lowest BCUT2D eigenvalue weighted by atomic mass is 10.1. The van der Waals surface area contributed by atoms with E-state index in [1.54, 1.807) is 6.07 Å². The first-order chi connectivity index (χ1) is 14.3. The highest BCUT2D eigenvalue weighted by atomic mass is 16.5. The van der Waals surface area contributed by atoms with E-state index in [0.717, 1.165) is 22.4 Å². The molecule has 0 aliphatic carbocycles. The van der Waals surface area contributed by atoms with Crippen LogP contribution in [-0.2, 0) is 16.1 Å². The molecule has 0 bridgehead atoms. The van der Waals surface area contributed by atoms with Crippen LogP contribution in [0.5, 0.6) is 0 Å². The Morgan fingerprint density at radius 2 is 1.67 bits per heavy atom. The van der Waals surface area contributed by atoms with Crippen molar-refractivity contribution < 1.29 is 14.1 Å². The molecule has 0 atom stereocenters. The Hall–Kier alpha value is -3.68. The minimum atomic E-state index is -0.727. The van der Waals surface area contributed by atoms with E-state index in [-0.39, 0.29) is 24.8 Å². The molecule has 0 unspecified atom stereocenters. The number of para-hydroxylation sites is 1. The second kappa shape index (κ2) is 8.77. The van der Waals surface area contributed by atoms with Gasteiger partial charge >= 0.3 is 5.76 Å². The lowest BCUT2D eigenvalue weighted by Crippen LogP contribution is -2.38. The molecule has 0 saturated carbocycles. The van der Waals surface area contributed by atoms with Crippen LogP contribution >= 0.6 is 0 Å². The van der Waals surface area contributed by atoms with Crippen molar-refractivity contribution in [3.8, 4) is 11.4 Å². The third kappa shape index (κ3) is 4.48. The third-order valence-electron chi connectivity index (χ3n) is 4.92. The SMILES string of the molecule is Cc1ccccc1-c1noc(=O)n1CC(=O)N(C)CC(=O)Nc1c(C)cccc1C. The summed E-state index contributed by atoms with van der Waals surface area (Å²) in [4.78, 5) is 38.5. The standard InChI is InChI=1S/C22H24N4O4/c1-14-8-5-6-11-17(14)21-24-30-22(29)26(21)13-19(28)25(4)12-18(27)23-20-15(2)9-7-10-16(20)3/h5-11H,12-13H2,1-4H3,(H,23,27). The van der Waals surface area contributed by atoms with Gasteiger partial charge in [0.15, 0.2) is 5.82 Å². The number of nitrogens with zero attached hydrogens (tertiary/aromatic N) is 3. The van der Waals surface area contributed by atoms with Gasteiger partial charge in [-0.15, -0.1) is 0 Å². The first kappa shape index (κ1) is 21.0. The van der Waals surface area contributed by atoms with E-state index in [1.165, 1.54) is 16.5 Å². The summed E-state index contributed by atoms with van der Waals surface area (Å²) >= 11 is 0. The van der Waals surface area contributed by atoms with Gasteiger partial charge in [-0.1, -0.05) is 47.6 Å². The molecule has 156 valence electrons. The Labute approximate surface area is 174 Å². The fraction of sp³-hybridized carbons (Fsp3) is 0.273. The first-order valence-electron chi connectivity index (χ1n) is 9.50. The molecule has 0 saturated heterocycles. The number of rotatable bonds is 6. The van der Waals surface area contributed by atoms with Gasteiger partial charge in [0.2, 0.25) is 11.8 Å². The predicted octanol–water partition coefficient (Wildman–Crippen LogP) is 2.53. The highest BCUT2D eigenvalue weighted by Gasteiger charge is 2.20. The van der Waals surface area contributed by atoms with E-state index in [0.29, 0.717) is 5.56 Å². The highest BCUT2D eigenvalue weighted by Crippen LogP contribution is 2.21. The van der Waals surface area contributed by atoms with Crippen molar-refractivity contribution in [2.24, 2.45) is 0 Å². The molecular formula is C22H24N4O4. The smallest absolute Gasteiger partial charge is 0.335 e. The maximum Gasteiger partial charge on any atom is 0.442 e. The van der Waals surface area contributed by atoms with Crippen molar-refractivity contribution in [3.05, 3.63) is 69.7 Å². The summed E-state index contributed by atoms with van der Waals surface area (Å²) in [6.45, 7) is 5.27. The number of likely N-dealkylation sites (N-methyl/N-ethyl adjacent to an activating group) is 1. The zero-order valence-corrected chi connectivity index (χ0v) is 17.4. The summed E-state index contributed by atoms with van der Waals surface area (Å²) < 4.78 is 5.95. The van der Waals surface area contributed by atoms with Crippen LogP contribution in [0.3, 0.4) is 0 Å². The van der Waals surface area contributed by atoms with Crippen LogP contribution in [0.25, 0.3) is 11.4 Å². The minimum Gasteiger partial charge on any atom is -0.335 e. The van der Waals surface area contributed by atoms with Crippen molar-refractivity contribution in [3.63, 3.8) is 0 Å². The zero-order chi connectivity index (χ0) is 21.8. The zero-order valence-electron chi connectivity index (χ0n) is 17.4. The molecule has 0 spiro atoms. The van der Waals surface area contributed by atoms with Gasteiger partial charge in [-0.2, -0.15) is 0 Å². The van der Waals surface area contributed by atoms with Crippen LogP contribution < -0.4 is 11.1 Å². The molecule has 0 aliphatic rings. The summed E-state index contributed by atoms with van der Waals surface area (Å²) in [6.07, 6.45) is 0. The van der Waals surface area contributed by atoms with E-state index < -0.39 is 11.7 Å². The van der Waals surface area contributed by atoms with Crippen molar-refractivity contribution in [1.29, 1.82) is 0 Å². The van der Waals surface area contributed by atoms with Gasteiger partial charge in [0.25, 0.3) is 0 Å². The number of hydrogen-bond donors (Lipinski definition) is 1.